The van der Waals surface area contributed by atoms with Crippen LogP contribution in [0.4, 0.5) is 22.7 Å². The van der Waals surface area contributed by atoms with E-state index in [9.17, 15) is 10.2 Å². The molecule has 2 N–H and O–H groups in total. The molecule has 6 heteroatoms. The number of anilines is 4. The zero-order chi connectivity index (χ0) is 28.5. The number of para-hydroxylation sites is 8. The van der Waals surface area contributed by atoms with Gasteiger partial charge in [0.25, 0.3) is 0 Å². The topological polar surface area (TPSA) is 65.4 Å². The second-order valence-corrected chi connectivity index (χ2v) is 11.3. The molecular formula is C36H36N2O4. The Balaban J connectivity index is 0.000000138. The van der Waals surface area contributed by atoms with Crippen LogP contribution < -0.4 is 19.3 Å². The Morgan fingerprint density at radius 2 is 1.02 bits per heavy atom. The first-order valence-corrected chi connectivity index (χ1v) is 15.0. The first kappa shape index (κ1) is 26.6. The summed E-state index contributed by atoms with van der Waals surface area (Å²) in [4.78, 5) is 4.55. The fourth-order valence-corrected chi connectivity index (χ4v) is 6.61. The Labute approximate surface area is 247 Å². The SMILES string of the molecule is C1=CC(N2c3ccccc3Oc3ccccc32)CCC1.OC1CCCC(N2c3ccccc3Oc3ccccc32)C1O. The molecule has 6 nitrogen and oxygen atoms in total. The van der Waals surface area contributed by atoms with Crippen LogP contribution in [0, 0.1) is 0 Å². The van der Waals surface area contributed by atoms with Crippen molar-refractivity contribution in [2.45, 2.75) is 62.8 Å². The van der Waals surface area contributed by atoms with Crippen LogP contribution in [-0.4, -0.2) is 34.5 Å². The number of benzene rings is 4. The van der Waals surface area contributed by atoms with Gasteiger partial charge in [0.15, 0.2) is 23.0 Å². The predicted octanol–water partition coefficient (Wildman–Crippen LogP) is 8.24. The zero-order valence-electron chi connectivity index (χ0n) is 23.5. The van der Waals surface area contributed by atoms with Gasteiger partial charge in [-0.05, 0) is 87.1 Å². The molecule has 1 fully saturated rings. The molecule has 42 heavy (non-hydrogen) atoms. The lowest BCUT2D eigenvalue weighted by Gasteiger charge is -2.43. The Hall–Kier alpha value is -4.26. The molecule has 0 radical (unpaired) electrons. The number of aliphatic hydroxyl groups excluding tert-OH is 2. The number of hydrogen-bond acceptors (Lipinski definition) is 6. The van der Waals surface area contributed by atoms with Gasteiger partial charge in [0.2, 0.25) is 0 Å². The number of aliphatic hydroxyl groups is 2. The van der Waals surface area contributed by atoms with Gasteiger partial charge in [-0.25, -0.2) is 0 Å². The largest absolute Gasteiger partial charge is 0.453 e. The van der Waals surface area contributed by atoms with E-state index in [4.69, 9.17) is 9.47 Å². The van der Waals surface area contributed by atoms with Gasteiger partial charge >= 0.3 is 0 Å². The minimum absolute atomic E-state index is 0.144. The lowest BCUT2D eigenvalue weighted by molar-refractivity contribution is -0.0206. The van der Waals surface area contributed by atoms with Crippen LogP contribution in [0.3, 0.4) is 0 Å². The number of ether oxygens (including phenoxy) is 2. The molecule has 4 aromatic rings. The van der Waals surface area contributed by atoms with Crippen LogP contribution in [0.1, 0.15) is 38.5 Å². The average molecular weight is 561 g/mol. The van der Waals surface area contributed by atoms with Crippen molar-refractivity contribution in [1.82, 2.24) is 0 Å². The van der Waals surface area contributed by atoms with E-state index in [-0.39, 0.29) is 6.04 Å². The normalized spacial score (nSPS) is 23.6. The third-order valence-corrected chi connectivity index (χ3v) is 8.62. The first-order valence-electron chi connectivity index (χ1n) is 15.0. The van der Waals surface area contributed by atoms with E-state index in [0.717, 1.165) is 47.2 Å². The molecule has 1 saturated carbocycles. The molecule has 0 aromatic heterocycles. The molecule has 4 unspecified atom stereocenters. The van der Waals surface area contributed by atoms with Crippen molar-refractivity contribution < 1.29 is 19.7 Å². The van der Waals surface area contributed by atoms with E-state index in [1.807, 2.05) is 72.8 Å². The van der Waals surface area contributed by atoms with Gasteiger partial charge in [-0.15, -0.1) is 0 Å². The number of rotatable bonds is 2. The van der Waals surface area contributed by atoms with E-state index < -0.39 is 12.2 Å². The third-order valence-electron chi connectivity index (χ3n) is 8.62. The number of hydrogen-bond donors (Lipinski definition) is 2. The van der Waals surface area contributed by atoms with Crippen molar-refractivity contribution in [2.24, 2.45) is 0 Å². The van der Waals surface area contributed by atoms with E-state index in [0.29, 0.717) is 12.5 Å². The summed E-state index contributed by atoms with van der Waals surface area (Å²) in [5.74, 6) is 3.47. The summed E-state index contributed by atoms with van der Waals surface area (Å²) < 4.78 is 12.0. The van der Waals surface area contributed by atoms with Gasteiger partial charge in [0.05, 0.1) is 40.9 Å². The lowest BCUT2D eigenvalue weighted by Crippen LogP contribution is -2.50. The minimum Gasteiger partial charge on any atom is -0.453 e. The van der Waals surface area contributed by atoms with Crippen LogP contribution in [0.15, 0.2) is 109 Å². The molecule has 0 saturated heterocycles. The molecule has 2 aliphatic heterocycles. The summed E-state index contributed by atoms with van der Waals surface area (Å²) in [5, 5.41) is 20.6. The molecular weight excluding hydrogens is 524 g/mol. The van der Waals surface area contributed by atoms with Crippen molar-refractivity contribution in [3.8, 4) is 23.0 Å². The maximum Gasteiger partial charge on any atom is 0.151 e. The summed E-state index contributed by atoms with van der Waals surface area (Å²) in [6, 6.07) is 32.6. The second-order valence-electron chi connectivity index (χ2n) is 11.3. The van der Waals surface area contributed by atoms with Gasteiger partial charge in [0, 0.05) is 0 Å². The van der Waals surface area contributed by atoms with Crippen LogP contribution in [0.25, 0.3) is 0 Å². The van der Waals surface area contributed by atoms with E-state index >= 15 is 0 Å². The van der Waals surface area contributed by atoms with Crippen molar-refractivity contribution in [2.75, 3.05) is 9.80 Å². The molecule has 4 aliphatic rings. The number of fused-ring (bicyclic) bond motifs is 4. The number of allylic oxidation sites excluding steroid dienone is 1. The molecule has 0 amide bonds. The van der Waals surface area contributed by atoms with Crippen LogP contribution in [-0.2, 0) is 0 Å². The second kappa shape index (κ2) is 11.6. The van der Waals surface area contributed by atoms with Crippen molar-refractivity contribution in [3.63, 3.8) is 0 Å². The zero-order valence-corrected chi connectivity index (χ0v) is 23.5. The van der Waals surface area contributed by atoms with Gasteiger partial charge < -0.3 is 29.5 Å². The van der Waals surface area contributed by atoms with Gasteiger partial charge in [0.1, 0.15) is 6.10 Å². The van der Waals surface area contributed by atoms with Crippen LogP contribution >= 0.6 is 0 Å². The Morgan fingerprint density at radius 3 is 1.50 bits per heavy atom. The predicted molar refractivity (Wildman–Crippen MR) is 167 cm³/mol. The minimum atomic E-state index is -0.757. The molecule has 8 rings (SSSR count). The van der Waals surface area contributed by atoms with Gasteiger partial charge in [-0.1, -0.05) is 60.7 Å². The molecule has 4 aromatic carbocycles. The third kappa shape index (κ3) is 4.91. The molecule has 214 valence electrons. The standard InChI is InChI=1S/C18H19NO3.C18H17NO/c20-15-9-5-8-14(18(15)21)19-12-6-1-3-10-16(12)22-17-11-4-2-7-13(17)19;1-2-8-14(9-3-1)19-15-10-4-6-12-17(15)20-18-13-7-5-11-16(18)19/h1-4,6-7,10-11,14-15,18,20-21H,5,8-9H2;2,4-8,10-14H,1,3,9H2. The monoisotopic (exact) mass is 560 g/mol. The van der Waals surface area contributed by atoms with Gasteiger partial charge in [-0.3, -0.25) is 0 Å². The van der Waals surface area contributed by atoms with Crippen LogP contribution in [0.2, 0.25) is 0 Å². The van der Waals surface area contributed by atoms with E-state index in [1.54, 1.807) is 0 Å². The molecule has 2 aliphatic carbocycles. The molecule has 0 bridgehead atoms. The Bertz CT molecular complexity index is 1500. The maximum absolute atomic E-state index is 10.5. The summed E-state index contributed by atoms with van der Waals surface area (Å²) in [6.07, 6.45) is 9.27. The highest BCUT2D eigenvalue weighted by Gasteiger charge is 2.38. The fraction of sp³-hybridized carbons (Fsp3) is 0.278. The summed E-state index contributed by atoms with van der Waals surface area (Å²) >= 11 is 0. The molecule has 2 heterocycles. The van der Waals surface area contributed by atoms with E-state index in [2.05, 4.69) is 46.2 Å². The van der Waals surface area contributed by atoms with Gasteiger partial charge in [-0.2, -0.15) is 0 Å². The average Bonchev–Trinajstić information content (AvgIpc) is 3.04. The first-order chi connectivity index (χ1) is 20.7. The highest BCUT2D eigenvalue weighted by atomic mass is 16.5. The smallest absolute Gasteiger partial charge is 0.151 e. The van der Waals surface area contributed by atoms with Crippen molar-refractivity contribution in [3.05, 3.63) is 109 Å². The fourth-order valence-electron chi connectivity index (χ4n) is 6.61. The number of nitrogens with zero attached hydrogens (tertiary/aromatic N) is 2. The Morgan fingerprint density at radius 1 is 0.548 bits per heavy atom. The maximum atomic E-state index is 10.5. The van der Waals surface area contributed by atoms with E-state index in [1.165, 1.54) is 30.6 Å². The highest BCUT2D eigenvalue weighted by molar-refractivity contribution is 5.80. The molecule has 4 atom stereocenters. The summed E-state index contributed by atoms with van der Waals surface area (Å²) in [7, 11) is 0. The van der Waals surface area contributed by atoms with Crippen molar-refractivity contribution >= 4 is 22.7 Å². The summed E-state index contributed by atoms with van der Waals surface area (Å²) in [5.41, 5.74) is 4.23. The van der Waals surface area contributed by atoms with Crippen LogP contribution in [0.5, 0.6) is 23.0 Å². The highest BCUT2D eigenvalue weighted by Crippen LogP contribution is 2.50. The quantitative estimate of drug-likeness (QED) is 0.241. The summed E-state index contributed by atoms with van der Waals surface area (Å²) in [6.45, 7) is 0. The molecule has 0 spiro atoms. The Kier molecular flexibility index (Phi) is 7.32. The van der Waals surface area contributed by atoms with Crippen molar-refractivity contribution in [1.29, 1.82) is 0 Å². The lowest BCUT2D eigenvalue weighted by atomic mass is 9.88.